The summed E-state index contributed by atoms with van der Waals surface area (Å²) in [5, 5.41) is 19.8. The Hall–Kier alpha value is -5.58. The molecule has 3 aromatic carbocycles. The van der Waals surface area contributed by atoms with E-state index in [0.29, 0.717) is 43.0 Å². The van der Waals surface area contributed by atoms with Crippen LogP contribution in [0.3, 0.4) is 0 Å². The number of hydrogen-bond donors (Lipinski definition) is 3. The van der Waals surface area contributed by atoms with Crippen LogP contribution in [0.4, 0.5) is 22.0 Å². The Morgan fingerprint density at radius 1 is 0.949 bits per heavy atom. The van der Waals surface area contributed by atoms with Gasteiger partial charge >= 0.3 is 5.69 Å². The van der Waals surface area contributed by atoms with Gasteiger partial charge in [0.05, 0.1) is 34.7 Å². The second-order valence-electron chi connectivity index (χ2n) is 16.2. The number of alkyl halides is 2. The number of carbonyl (C=O) groups is 3. The number of hydrogen-bond acceptors (Lipinski definition) is 7. The predicted octanol–water partition coefficient (Wildman–Crippen LogP) is 5.69. The Bertz CT molecular complexity index is 2520. The van der Waals surface area contributed by atoms with Gasteiger partial charge in [-0.1, -0.05) is 18.2 Å². The van der Waals surface area contributed by atoms with Gasteiger partial charge in [-0.05, 0) is 99.2 Å². The molecule has 59 heavy (non-hydrogen) atoms. The van der Waals surface area contributed by atoms with E-state index >= 15 is 8.78 Å². The molecule has 2 aliphatic heterocycles. The summed E-state index contributed by atoms with van der Waals surface area (Å²) in [6.07, 6.45) is 6.29. The van der Waals surface area contributed by atoms with Crippen molar-refractivity contribution < 1.29 is 41.4 Å². The number of amides is 3. The molecule has 312 valence electrons. The fourth-order valence-electron chi connectivity index (χ4n) is 8.96. The second kappa shape index (κ2) is 15.9. The maximum atomic E-state index is 15.7. The van der Waals surface area contributed by atoms with E-state index in [0.717, 1.165) is 47.7 Å². The van der Waals surface area contributed by atoms with Gasteiger partial charge in [-0.2, -0.15) is 9.49 Å². The van der Waals surface area contributed by atoms with Crippen LogP contribution < -0.4 is 16.3 Å². The van der Waals surface area contributed by atoms with Gasteiger partial charge in [0.2, 0.25) is 17.6 Å². The largest absolute Gasteiger partial charge is 0.503 e. The van der Waals surface area contributed by atoms with E-state index in [-0.39, 0.29) is 55.9 Å². The molecule has 5 aromatic rings. The molecule has 3 amide bonds. The number of rotatable bonds is 10. The van der Waals surface area contributed by atoms with Crippen LogP contribution in [0, 0.1) is 29.3 Å². The van der Waals surface area contributed by atoms with Gasteiger partial charge in [0.15, 0.2) is 17.4 Å². The molecular formula is C42H44F5N7O5. The minimum Gasteiger partial charge on any atom is -0.503 e. The number of imide groups is 1. The summed E-state index contributed by atoms with van der Waals surface area (Å²) < 4.78 is 77.7. The average Bonchev–Trinajstić information content (AvgIpc) is 3.75. The fraction of sp³-hybridized carbons (Fsp3) is 0.452. The van der Waals surface area contributed by atoms with Crippen molar-refractivity contribution in [3.05, 3.63) is 93.3 Å². The fourth-order valence-corrected chi connectivity index (χ4v) is 8.96. The Morgan fingerprint density at radius 3 is 2.46 bits per heavy atom. The molecule has 0 spiro atoms. The summed E-state index contributed by atoms with van der Waals surface area (Å²) in [6, 6.07) is 10.9. The highest BCUT2D eigenvalue weighted by Crippen LogP contribution is 2.37. The summed E-state index contributed by atoms with van der Waals surface area (Å²) in [6.45, 7) is 0.754. The van der Waals surface area contributed by atoms with Crippen LogP contribution in [-0.2, 0) is 29.5 Å². The monoisotopic (exact) mass is 821 g/mol. The SMILES string of the molecule is Cn1c(=O)n(C2CCC(=O)NC2=O)c2ccc(CCN3CCC(Cc4ccc5cn(C6CCC(CNC(=O)c7cc(F)c(O)c(F)c7F)CC6)nc5c4)C(F)(F)C3)cc21. The van der Waals surface area contributed by atoms with E-state index < -0.39 is 58.5 Å². The first-order valence-corrected chi connectivity index (χ1v) is 19.9. The normalized spacial score (nSPS) is 22.5. The number of phenols is 1. The Kier molecular flexibility index (Phi) is 10.8. The van der Waals surface area contributed by atoms with Crippen molar-refractivity contribution in [3.63, 3.8) is 0 Å². The number of aromatic nitrogens is 4. The quantitative estimate of drug-likeness (QED) is 0.0934. The average molecular weight is 822 g/mol. The zero-order chi connectivity index (χ0) is 41.7. The van der Waals surface area contributed by atoms with Gasteiger partial charge in [0, 0.05) is 44.1 Å². The van der Waals surface area contributed by atoms with Crippen LogP contribution in [0.15, 0.2) is 53.5 Å². The molecule has 1 saturated carbocycles. The van der Waals surface area contributed by atoms with E-state index in [1.165, 1.54) is 9.13 Å². The number of aromatic hydroxyl groups is 1. The number of phenolic OH excluding ortho intramolecular Hbond substituents is 1. The van der Waals surface area contributed by atoms with Gasteiger partial charge in [-0.3, -0.25) is 38.4 Å². The third kappa shape index (κ3) is 7.96. The summed E-state index contributed by atoms with van der Waals surface area (Å²) in [5.74, 6) is -11.9. The number of fused-ring (bicyclic) bond motifs is 2. The van der Waals surface area contributed by atoms with Gasteiger partial charge in [0.1, 0.15) is 6.04 Å². The van der Waals surface area contributed by atoms with Crippen molar-refractivity contribution in [1.82, 2.24) is 34.4 Å². The molecular weight excluding hydrogens is 777 g/mol. The summed E-state index contributed by atoms with van der Waals surface area (Å²) in [7, 11) is 1.62. The van der Waals surface area contributed by atoms with E-state index in [4.69, 9.17) is 5.10 Å². The van der Waals surface area contributed by atoms with Gasteiger partial charge in [0.25, 0.3) is 11.8 Å². The van der Waals surface area contributed by atoms with Crippen molar-refractivity contribution in [2.45, 2.75) is 75.8 Å². The Labute approximate surface area is 335 Å². The molecule has 17 heteroatoms. The van der Waals surface area contributed by atoms with Crippen molar-refractivity contribution in [1.29, 1.82) is 0 Å². The topological polar surface area (TPSA) is 143 Å². The van der Waals surface area contributed by atoms with Gasteiger partial charge in [-0.15, -0.1) is 0 Å². The van der Waals surface area contributed by atoms with Crippen molar-refractivity contribution >= 4 is 39.7 Å². The van der Waals surface area contributed by atoms with E-state index in [2.05, 4.69) is 10.6 Å². The number of halogens is 5. The van der Waals surface area contributed by atoms with Crippen LogP contribution in [0.25, 0.3) is 21.9 Å². The third-order valence-corrected chi connectivity index (χ3v) is 12.4. The first kappa shape index (κ1) is 40.2. The number of nitrogens with one attached hydrogen (secondary N) is 2. The smallest absolute Gasteiger partial charge is 0.329 e. The second-order valence-corrected chi connectivity index (χ2v) is 16.2. The molecule has 3 N–H and O–H groups in total. The van der Waals surface area contributed by atoms with E-state index in [1.54, 1.807) is 18.0 Å². The van der Waals surface area contributed by atoms with Crippen molar-refractivity contribution in [2.75, 3.05) is 26.2 Å². The maximum Gasteiger partial charge on any atom is 0.329 e. The number of aryl methyl sites for hydroxylation is 1. The number of piperidine rings is 2. The van der Waals surface area contributed by atoms with Crippen LogP contribution in [0.2, 0.25) is 0 Å². The van der Waals surface area contributed by atoms with Crippen LogP contribution >= 0.6 is 0 Å². The lowest BCUT2D eigenvalue weighted by Gasteiger charge is -2.38. The molecule has 2 saturated heterocycles. The third-order valence-electron chi connectivity index (χ3n) is 12.4. The highest BCUT2D eigenvalue weighted by atomic mass is 19.3. The highest BCUT2D eigenvalue weighted by Gasteiger charge is 2.44. The molecule has 2 atom stereocenters. The highest BCUT2D eigenvalue weighted by molar-refractivity contribution is 6.00. The predicted molar refractivity (Wildman–Crippen MR) is 207 cm³/mol. The summed E-state index contributed by atoms with van der Waals surface area (Å²) in [5.41, 5.74) is 2.40. The molecule has 1 aliphatic carbocycles. The summed E-state index contributed by atoms with van der Waals surface area (Å²) in [4.78, 5) is 51.5. The minimum absolute atomic E-state index is 0.0580. The molecule has 8 rings (SSSR count). The van der Waals surface area contributed by atoms with Gasteiger partial charge in [-0.25, -0.2) is 22.4 Å². The zero-order valence-corrected chi connectivity index (χ0v) is 32.3. The number of benzene rings is 3. The molecule has 3 aliphatic rings. The van der Waals surface area contributed by atoms with E-state index in [9.17, 15) is 37.5 Å². The molecule has 12 nitrogen and oxygen atoms in total. The standard InChI is InChI=1S/C42H44F5N7O5/c1-51-34-18-23(5-9-32(34)54(41(51)59)33-10-11-35(55)49-40(33)58)12-14-52-15-13-27(42(46,47)22-52)16-25-2-6-26-21-53(50-31(26)17-25)28-7-3-24(4-8-28)20-48-39(57)29-19-30(43)38(56)37(45)36(29)44/h2,5-6,9,17-19,21,24,27-28,33,56H,3-4,7-8,10-16,20,22H2,1H3,(H,48,57)(H,49,55,58). The molecule has 4 heterocycles. The Morgan fingerprint density at radius 2 is 1.71 bits per heavy atom. The number of nitrogens with zero attached hydrogens (tertiary/aromatic N) is 5. The maximum absolute atomic E-state index is 15.7. The van der Waals surface area contributed by atoms with Crippen LogP contribution in [-0.4, -0.2) is 78.7 Å². The molecule has 0 radical (unpaired) electrons. The molecule has 0 bridgehead atoms. The van der Waals surface area contributed by atoms with Crippen molar-refractivity contribution in [3.8, 4) is 5.75 Å². The minimum atomic E-state index is -2.91. The number of likely N-dealkylation sites (tertiary alicyclic amines) is 1. The van der Waals surface area contributed by atoms with Gasteiger partial charge < -0.3 is 10.4 Å². The Balaban J connectivity index is 0.832. The number of imidazole rings is 1. The van der Waals surface area contributed by atoms with E-state index in [1.807, 2.05) is 41.2 Å². The lowest BCUT2D eigenvalue weighted by molar-refractivity contribution is -0.135. The lowest BCUT2D eigenvalue weighted by Crippen LogP contribution is -2.49. The molecule has 3 fully saturated rings. The lowest BCUT2D eigenvalue weighted by atomic mass is 9.86. The van der Waals surface area contributed by atoms with Crippen molar-refractivity contribution in [2.24, 2.45) is 18.9 Å². The zero-order valence-electron chi connectivity index (χ0n) is 32.3. The molecule has 2 aromatic heterocycles. The van der Waals surface area contributed by atoms with Crippen LogP contribution in [0.1, 0.15) is 78.5 Å². The number of carbonyl (C=O) groups excluding carboxylic acids is 3. The first-order chi connectivity index (χ1) is 28.2. The first-order valence-electron chi connectivity index (χ1n) is 19.9. The summed E-state index contributed by atoms with van der Waals surface area (Å²) >= 11 is 0. The van der Waals surface area contributed by atoms with Crippen LogP contribution in [0.5, 0.6) is 5.75 Å². The molecule has 2 unspecified atom stereocenters.